The van der Waals surface area contributed by atoms with E-state index in [1.807, 2.05) is 11.8 Å². The lowest BCUT2D eigenvalue weighted by Crippen LogP contribution is -2.52. The van der Waals surface area contributed by atoms with E-state index in [4.69, 9.17) is 21.7 Å². The number of hydrogen-bond acceptors (Lipinski definition) is 4. The number of hydrogen-bond donors (Lipinski definition) is 1. The van der Waals surface area contributed by atoms with E-state index < -0.39 is 12.0 Å². The largest absolute Gasteiger partial charge is 0.466 e. The van der Waals surface area contributed by atoms with Crippen molar-refractivity contribution >= 4 is 23.3 Å². The average molecular weight is 352 g/mol. The third-order valence-corrected chi connectivity index (χ3v) is 4.28. The summed E-state index contributed by atoms with van der Waals surface area (Å²) in [5, 5.41) is 3.58. The molecular formula is C17H21FN2O3S. The smallest absolute Gasteiger partial charge is 0.337 e. The molecule has 0 saturated carbocycles. The Bertz CT molecular complexity index is 678. The number of nitrogens with zero attached hydrogens (tertiary/aromatic N) is 1. The Morgan fingerprint density at radius 1 is 1.46 bits per heavy atom. The monoisotopic (exact) mass is 352 g/mol. The molecule has 2 rings (SSSR count). The molecule has 0 unspecified atom stereocenters. The Kier molecular flexibility index (Phi) is 5.90. The second kappa shape index (κ2) is 7.72. The predicted molar refractivity (Wildman–Crippen MR) is 92.8 cm³/mol. The molecule has 5 nitrogen and oxygen atoms in total. The number of nitrogens with one attached hydrogen (secondary N) is 1. The van der Waals surface area contributed by atoms with Crippen molar-refractivity contribution in [1.29, 1.82) is 0 Å². The fraction of sp³-hybridized carbons (Fsp3) is 0.412. The molecule has 0 amide bonds. The molecule has 1 aromatic rings. The minimum atomic E-state index is -0.563. The summed E-state index contributed by atoms with van der Waals surface area (Å²) in [6, 6.07) is 5.44. The van der Waals surface area contributed by atoms with Gasteiger partial charge in [-0.3, -0.25) is 0 Å². The van der Waals surface area contributed by atoms with Crippen LogP contribution in [-0.4, -0.2) is 42.8 Å². The second-order valence-electron chi connectivity index (χ2n) is 5.60. The number of carbonyl (C=O) groups is 1. The van der Waals surface area contributed by atoms with Crippen molar-refractivity contribution in [2.75, 3.05) is 20.8 Å². The molecule has 0 saturated heterocycles. The maximum absolute atomic E-state index is 13.6. The van der Waals surface area contributed by atoms with Gasteiger partial charge in [0.05, 0.1) is 31.4 Å². The molecule has 0 fully saturated rings. The molecular weight excluding hydrogens is 331 g/mol. The van der Waals surface area contributed by atoms with Crippen LogP contribution in [0.3, 0.4) is 0 Å². The van der Waals surface area contributed by atoms with Gasteiger partial charge in [0, 0.05) is 12.8 Å². The van der Waals surface area contributed by atoms with Crippen molar-refractivity contribution in [2.24, 2.45) is 0 Å². The van der Waals surface area contributed by atoms with Crippen LogP contribution in [0.1, 0.15) is 25.5 Å². The molecule has 7 heteroatoms. The lowest BCUT2D eigenvalue weighted by atomic mass is 9.94. The van der Waals surface area contributed by atoms with Crippen LogP contribution in [0.2, 0.25) is 0 Å². The molecule has 0 bridgehead atoms. The first kappa shape index (κ1) is 18.4. The van der Waals surface area contributed by atoms with Crippen LogP contribution < -0.4 is 5.32 Å². The molecule has 0 aliphatic carbocycles. The van der Waals surface area contributed by atoms with Crippen LogP contribution in [-0.2, 0) is 14.3 Å². The van der Waals surface area contributed by atoms with Crippen molar-refractivity contribution in [3.63, 3.8) is 0 Å². The molecule has 0 aromatic heterocycles. The highest BCUT2D eigenvalue weighted by Gasteiger charge is 2.36. The van der Waals surface area contributed by atoms with Gasteiger partial charge in [-0.2, -0.15) is 0 Å². The lowest BCUT2D eigenvalue weighted by Gasteiger charge is -2.40. The first-order valence-electron chi connectivity index (χ1n) is 7.53. The Labute approximate surface area is 146 Å². The summed E-state index contributed by atoms with van der Waals surface area (Å²) < 4.78 is 23.7. The predicted octanol–water partition coefficient (Wildman–Crippen LogP) is 2.54. The van der Waals surface area contributed by atoms with E-state index in [9.17, 15) is 9.18 Å². The van der Waals surface area contributed by atoms with Crippen molar-refractivity contribution < 1.29 is 18.7 Å². The fourth-order valence-corrected chi connectivity index (χ4v) is 3.35. The lowest BCUT2D eigenvalue weighted by molar-refractivity contribution is -0.136. The van der Waals surface area contributed by atoms with E-state index in [0.29, 0.717) is 28.6 Å². The van der Waals surface area contributed by atoms with Crippen LogP contribution in [0.4, 0.5) is 4.39 Å². The number of esters is 1. The molecule has 1 N–H and O–H groups in total. The van der Waals surface area contributed by atoms with Crippen LogP contribution in [0, 0.1) is 5.82 Å². The minimum Gasteiger partial charge on any atom is -0.466 e. The number of rotatable bonds is 5. The highest BCUT2D eigenvalue weighted by atomic mass is 32.1. The summed E-state index contributed by atoms with van der Waals surface area (Å²) in [4.78, 5) is 14.2. The first-order chi connectivity index (χ1) is 11.4. The third-order valence-electron chi connectivity index (χ3n) is 3.96. The number of benzene rings is 1. The molecule has 0 spiro atoms. The summed E-state index contributed by atoms with van der Waals surface area (Å²) in [5.41, 5.74) is 1.68. The number of methoxy groups -OCH3 is 2. The average Bonchev–Trinajstić information content (AvgIpc) is 2.54. The quantitative estimate of drug-likeness (QED) is 0.649. The topological polar surface area (TPSA) is 50.8 Å². The van der Waals surface area contributed by atoms with Gasteiger partial charge in [-0.25, -0.2) is 9.18 Å². The Morgan fingerprint density at radius 2 is 2.17 bits per heavy atom. The van der Waals surface area contributed by atoms with Gasteiger partial charge in [0.2, 0.25) is 0 Å². The second-order valence-corrected chi connectivity index (χ2v) is 5.99. The van der Waals surface area contributed by atoms with Gasteiger partial charge in [-0.1, -0.05) is 12.1 Å². The van der Waals surface area contributed by atoms with Gasteiger partial charge in [0.15, 0.2) is 5.11 Å². The zero-order chi connectivity index (χ0) is 17.9. The van der Waals surface area contributed by atoms with Gasteiger partial charge in [-0.15, -0.1) is 0 Å². The number of allylic oxidation sites excluding steroid dienone is 1. The molecule has 2 atom stereocenters. The summed E-state index contributed by atoms with van der Waals surface area (Å²) in [6.45, 7) is 4.19. The van der Waals surface area contributed by atoms with E-state index >= 15 is 0 Å². The van der Waals surface area contributed by atoms with Gasteiger partial charge in [0.25, 0.3) is 0 Å². The SMILES string of the molecule is COC[C@H](C)N1C(=S)N[C@H](c2cccc(F)c2)C(C(=O)OC)=C1C. The highest BCUT2D eigenvalue weighted by Crippen LogP contribution is 2.32. The number of thiocarbonyl (C=S) groups is 1. The van der Waals surface area contributed by atoms with E-state index in [0.717, 1.165) is 0 Å². The minimum absolute atomic E-state index is 0.0666. The Hall–Kier alpha value is -1.99. The standard InChI is InChI=1S/C17H21FN2O3S/c1-10(9-22-3)20-11(2)14(16(21)23-4)15(19-17(20)24)12-6-5-7-13(18)8-12/h5-8,10,15H,9H2,1-4H3,(H,19,24)/t10-,15+/m0/s1. The number of halogens is 1. The first-order valence-corrected chi connectivity index (χ1v) is 7.94. The molecule has 1 aliphatic rings. The molecule has 0 radical (unpaired) electrons. The summed E-state index contributed by atoms with van der Waals surface area (Å²) in [5.74, 6) is -0.858. The zero-order valence-electron chi connectivity index (χ0n) is 14.1. The number of carbonyl (C=O) groups excluding carboxylic acids is 1. The summed E-state index contributed by atoms with van der Waals surface area (Å²) in [7, 11) is 2.92. The van der Waals surface area contributed by atoms with Crippen LogP contribution in [0.25, 0.3) is 0 Å². The molecule has 24 heavy (non-hydrogen) atoms. The maximum atomic E-state index is 13.6. The van der Waals surface area contributed by atoms with Gasteiger partial charge in [0.1, 0.15) is 5.82 Å². The van der Waals surface area contributed by atoms with Crippen molar-refractivity contribution in [3.8, 4) is 0 Å². The van der Waals surface area contributed by atoms with E-state index in [1.54, 1.807) is 26.2 Å². The fourth-order valence-electron chi connectivity index (χ4n) is 2.91. The van der Waals surface area contributed by atoms with Crippen molar-refractivity contribution in [2.45, 2.75) is 25.9 Å². The van der Waals surface area contributed by atoms with Crippen molar-refractivity contribution in [3.05, 3.63) is 46.9 Å². The highest BCUT2D eigenvalue weighted by molar-refractivity contribution is 7.80. The Balaban J connectivity index is 2.53. The van der Waals surface area contributed by atoms with Crippen LogP contribution in [0.5, 0.6) is 0 Å². The molecule has 1 heterocycles. The van der Waals surface area contributed by atoms with E-state index in [-0.39, 0.29) is 11.9 Å². The summed E-state index contributed by atoms with van der Waals surface area (Å²) in [6.07, 6.45) is 0. The third kappa shape index (κ3) is 3.57. The molecule has 1 aliphatic heterocycles. The van der Waals surface area contributed by atoms with Crippen molar-refractivity contribution in [1.82, 2.24) is 10.2 Å². The van der Waals surface area contributed by atoms with E-state index in [1.165, 1.54) is 19.2 Å². The summed E-state index contributed by atoms with van der Waals surface area (Å²) >= 11 is 5.46. The molecule has 1 aromatic carbocycles. The Morgan fingerprint density at radius 3 is 2.75 bits per heavy atom. The van der Waals surface area contributed by atoms with Gasteiger partial charge < -0.3 is 19.7 Å². The normalized spacial score (nSPS) is 19.1. The zero-order valence-corrected chi connectivity index (χ0v) is 14.9. The van der Waals surface area contributed by atoms with E-state index in [2.05, 4.69) is 5.32 Å². The maximum Gasteiger partial charge on any atom is 0.337 e. The van der Waals surface area contributed by atoms with Crippen LogP contribution >= 0.6 is 12.2 Å². The molecule has 130 valence electrons. The van der Waals surface area contributed by atoms with Gasteiger partial charge >= 0.3 is 5.97 Å². The number of ether oxygens (including phenoxy) is 2. The van der Waals surface area contributed by atoms with Gasteiger partial charge in [-0.05, 0) is 43.8 Å². The van der Waals surface area contributed by atoms with Crippen LogP contribution in [0.15, 0.2) is 35.5 Å².